The van der Waals surface area contributed by atoms with E-state index in [1.54, 1.807) is 19.1 Å². The first-order valence-electron chi connectivity index (χ1n) is 6.68. The van der Waals surface area contributed by atoms with E-state index in [1.807, 2.05) is 12.1 Å². The highest BCUT2D eigenvalue weighted by Gasteiger charge is 2.23. The average Bonchev–Trinajstić information content (AvgIpc) is 2.89. The minimum atomic E-state index is -1.15. The highest BCUT2D eigenvalue weighted by atomic mass is 35.5. The van der Waals surface area contributed by atoms with Gasteiger partial charge < -0.3 is 15.2 Å². The molecule has 0 radical (unpaired) electrons. The maximum Gasteiger partial charge on any atom is 0.328 e. The number of halogens is 1. The van der Waals surface area contributed by atoms with Crippen molar-refractivity contribution in [2.24, 2.45) is 0 Å². The van der Waals surface area contributed by atoms with E-state index in [1.165, 1.54) is 18.4 Å². The molecule has 2 aromatic rings. The Morgan fingerprint density at radius 3 is 2.61 bits per heavy atom. The summed E-state index contributed by atoms with van der Waals surface area (Å²) in [6.07, 6.45) is 0. The van der Waals surface area contributed by atoms with Gasteiger partial charge in [0.1, 0.15) is 9.88 Å². The maximum absolute atomic E-state index is 12.3. The fourth-order valence-corrected chi connectivity index (χ4v) is 2.99. The van der Waals surface area contributed by atoms with Gasteiger partial charge in [0.05, 0.1) is 12.3 Å². The molecule has 0 fully saturated rings. The van der Waals surface area contributed by atoms with Crippen molar-refractivity contribution in [2.45, 2.75) is 13.0 Å². The van der Waals surface area contributed by atoms with Crippen LogP contribution in [-0.2, 0) is 9.53 Å². The first-order chi connectivity index (χ1) is 10.9. The van der Waals surface area contributed by atoms with E-state index in [2.05, 4.69) is 10.3 Å². The number of aromatic nitrogens is 1. The second kappa shape index (κ2) is 7.54. The molecular formula is C15H15ClN2O4S. The van der Waals surface area contributed by atoms with Gasteiger partial charge in [-0.3, -0.25) is 4.79 Å². The molecule has 0 saturated carbocycles. The van der Waals surface area contributed by atoms with Crippen LogP contribution in [0.5, 0.6) is 0 Å². The van der Waals surface area contributed by atoms with Crippen LogP contribution in [0.3, 0.4) is 0 Å². The number of carboxylic acid groups (broad SMARTS) is 1. The van der Waals surface area contributed by atoms with Crippen molar-refractivity contribution in [1.29, 1.82) is 0 Å². The largest absolute Gasteiger partial charge is 0.480 e. The number of amides is 1. The minimum absolute atomic E-state index is 0.108. The number of methoxy groups -OCH3 is 1. The third-order valence-electron chi connectivity index (χ3n) is 3.03. The predicted molar refractivity (Wildman–Crippen MR) is 88.1 cm³/mol. The molecule has 23 heavy (non-hydrogen) atoms. The normalized spacial score (nSPS) is 12.0. The summed E-state index contributed by atoms with van der Waals surface area (Å²) >= 11 is 7.05. The van der Waals surface area contributed by atoms with Gasteiger partial charge in [-0.2, -0.15) is 0 Å². The van der Waals surface area contributed by atoms with Crippen LogP contribution in [0.2, 0.25) is 5.02 Å². The average molecular weight is 355 g/mol. The smallest absolute Gasteiger partial charge is 0.328 e. The molecule has 6 nitrogen and oxygen atoms in total. The zero-order chi connectivity index (χ0) is 17.0. The first kappa shape index (κ1) is 17.4. The summed E-state index contributed by atoms with van der Waals surface area (Å²) in [7, 11) is 1.37. The molecule has 8 heteroatoms. The van der Waals surface area contributed by atoms with Crippen LogP contribution >= 0.6 is 22.9 Å². The fraction of sp³-hybridized carbons (Fsp3) is 0.267. The van der Waals surface area contributed by atoms with Crippen molar-refractivity contribution in [3.63, 3.8) is 0 Å². The van der Waals surface area contributed by atoms with Gasteiger partial charge in [0.15, 0.2) is 6.04 Å². The highest BCUT2D eigenvalue weighted by Crippen LogP contribution is 2.28. The van der Waals surface area contributed by atoms with Gasteiger partial charge in [0.25, 0.3) is 5.91 Å². The monoisotopic (exact) mass is 354 g/mol. The summed E-state index contributed by atoms with van der Waals surface area (Å²) < 4.78 is 4.80. The molecule has 2 N–H and O–H groups in total. The summed E-state index contributed by atoms with van der Waals surface area (Å²) in [5.74, 6) is -1.63. The number of benzene rings is 1. The summed E-state index contributed by atoms with van der Waals surface area (Å²) in [4.78, 5) is 28.1. The fourth-order valence-electron chi connectivity index (χ4n) is 1.89. The number of carbonyl (C=O) groups is 2. The Morgan fingerprint density at radius 2 is 2.04 bits per heavy atom. The quantitative estimate of drug-likeness (QED) is 0.832. The summed E-state index contributed by atoms with van der Waals surface area (Å²) in [5.41, 5.74) is 1.38. The topological polar surface area (TPSA) is 88.5 Å². The highest BCUT2D eigenvalue weighted by molar-refractivity contribution is 7.17. The molecule has 0 aliphatic rings. The number of hydrogen-bond donors (Lipinski definition) is 2. The van der Waals surface area contributed by atoms with Crippen LogP contribution in [0.25, 0.3) is 10.6 Å². The lowest BCUT2D eigenvalue weighted by Crippen LogP contribution is -2.43. The van der Waals surface area contributed by atoms with E-state index in [0.29, 0.717) is 20.6 Å². The maximum atomic E-state index is 12.3. The Morgan fingerprint density at radius 1 is 1.39 bits per heavy atom. The molecule has 0 aliphatic heterocycles. The van der Waals surface area contributed by atoms with Crippen molar-refractivity contribution in [1.82, 2.24) is 10.3 Å². The second-order valence-corrected chi connectivity index (χ2v) is 6.20. The van der Waals surface area contributed by atoms with Gasteiger partial charge in [-0.1, -0.05) is 23.7 Å². The van der Waals surface area contributed by atoms with Crippen LogP contribution in [0, 0.1) is 6.92 Å². The molecule has 1 aromatic carbocycles. The van der Waals surface area contributed by atoms with E-state index in [0.717, 1.165) is 5.56 Å². The summed E-state index contributed by atoms with van der Waals surface area (Å²) in [6, 6.07) is 6.01. The summed E-state index contributed by atoms with van der Waals surface area (Å²) in [6.45, 7) is 1.60. The Balaban J connectivity index is 2.21. The number of nitrogens with one attached hydrogen (secondary N) is 1. The minimum Gasteiger partial charge on any atom is -0.480 e. The number of carboxylic acids is 1. The number of thiazole rings is 1. The third-order valence-corrected chi connectivity index (χ3v) is 4.49. The summed E-state index contributed by atoms with van der Waals surface area (Å²) in [5, 5.41) is 12.8. The Bertz CT molecular complexity index is 715. The van der Waals surface area contributed by atoms with Gasteiger partial charge in [-0.25, -0.2) is 9.78 Å². The van der Waals surface area contributed by atoms with Gasteiger partial charge in [-0.05, 0) is 19.1 Å². The molecule has 0 saturated heterocycles. The molecule has 0 bridgehead atoms. The molecule has 0 spiro atoms. The van der Waals surface area contributed by atoms with Crippen molar-refractivity contribution in [3.8, 4) is 10.6 Å². The molecule has 1 heterocycles. The molecule has 1 unspecified atom stereocenters. The molecule has 1 atom stereocenters. The Hall–Kier alpha value is -1.96. The second-order valence-electron chi connectivity index (χ2n) is 4.76. The molecule has 1 amide bonds. The van der Waals surface area contributed by atoms with E-state index >= 15 is 0 Å². The number of ether oxygens (including phenoxy) is 1. The van der Waals surface area contributed by atoms with Gasteiger partial charge in [-0.15, -0.1) is 11.3 Å². The number of hydrogen-bond acceptors (Lipinski definition) is 5. The van der Waals surface area contributed by atoms with Crippen LogP contribution in [0.4, 0.5) is 0 Å². The van der Waals surface area contributed by atoms with E-state index in [9.17, 15) is 9.59 Å². The third kappa shape index (κ3) is 4.28. The van der Waals surface area contributed by atoms with E-state index < -0.39 is 17.9 Å². The van der Waals surface area contributed by atoms with Gasteiger partial charge in [0.2, 0.25) is 0 Å². The standard InChI is InChI=1S/C15H15ClN2O4S/c1-8-12(13(19)18-11(7-22-2)15(20)21)23-14(17-8)9-3-5-10(16)6-4-9/h3-6,11H,7H2,1-2H3,(H,18,19)(H,20,21). The van der Waals surface area contributed by atoms with E-state index in [4.69, 9.17) is 21.4 Å². The lowest BCUT2D eigenvalue weighted by atomic mass is 10.2. The zero-order valence-corrected chi connectivity index (χ0v) is 14.1. The number of rotatable bonds is 6. The lowest BCUT2D eigenvalue weighted by Gasteiger charge is -2.12. The molecule has 0 aliphatic carbocycles. The molecule has 2 rings (SSSR count). The Labute approximate surface area is 142 Å². The Kier molecular flexibility index (Phi) is 5.70. The van der Waals surface area contributed by atoms with Crippen molar-refractivity contribution >= 4 is 34.8 Å². The van der Waals surface area contributed by atoms with Crippen molar-refractivity contribution in [2.75, 3.05) is 13.7 Å². The van der Waals surface area contributed by atoms with E-state index in [-0.39, 0.29) is 6.61 Å². The van der Waals surface area contributed by atoms with Crippen LogP contribution in [0.15, 0.2) is 24.3 Å². The molecular weight excluding hydrogens is 340 g/mol. The van der Waals surface area contributed by atoms with Crippen molar-refractivity contribution < 1.29 is 19.4 Å². The predicted octanol–water partition coefficient (Wildman–Crippen LogP) is 2.60. The van der Waals surface area contributed by atoms with Crippen molar-refractivity contribution in [3.05, 3.63) is 39.9 Å². The lowest BCUT2D eigenvalue weighted by molar-refractivity contribution is -0.140. The number of aliphatic carboxylic acids is 1. The number of aryl methyl sites for hydroxylation is 1. The van der Waals surface area contributed by atoms with Gasteiger partial charge >= 0.3 is 5.97 Å². The molecule has 122 valence electrons. The number of carbonyl (C=O) groups excluding carboxylic acids is 1. The van der Waals surface area contributed by atoms with Crippen LogP contribution < -0.4 is 5.32 Å². The van der Waals surface area contributed by atoms with Crippen LogP contribution in [0.1, 0.15) is 15.4 Å². The number of nitrogens with zero attached hydrogens (tertiary/aromatic N) is 1. The zero-order valence-electron chi connectivity index (χ0n) is 12.5. The van der Waals surface area contributed by atoms with Gasteiger partial charge in [0, 0.05) is 17.7 Å². The SMILES string of the molecule is COCC(NC(=O)c1sc(-c2ccc(Cl)cc2)nc1C)C(=O)O. The van der Waals surface area contributed by atoms with Crippen LogP contribution in [-0.4, -0.2) is 41.7 Å². The molecule has 1 aromatic heterocycles. The first-order valence-corrected chi connectivity index (χ1v) is 7.87.